The number of esters is 1. The average Bonchev–Trinajstić information content (AvgIpc) is 3.17. The van der Waals surface area contributed by atoms with Crippen LogP contribution in [0.4, 0.5) is 0 Å². The lowest BCUT2D eigenvalue weighted by molar-refractivity contribution is -0.146. The first-order valence-electron chi connectivity index (χ1n) is 20.4. The number of allylic oxidation sites excluding steroid dienone is 17. The third kappa shape index (κ3) is 41.7. The topological polar surface area (TPSA) is 131 Å². The highest BCUT2D eigenvalue weighted by Crippen LogP contribution is 2.42. The van der Waals surface area contributed by atoms with Crippen LogP contribution in [-0.4, -0.2) is 54.3 Å². The number of ether oxygens (including phenoxy) is 1. The third-order valence-corrected chi connectivity index (χ3v) is 8.69. The number of rotatable bonds is 36. The van der Waals surface area contributed by atoms with E-state index in [2.05, 4.69) is 110 Å². The number of nitrogens with one attached hydrogen (secondary N) is 1. The van der Waals surface area contributed by atoms with Gasteiger partial charge in [-0.2, -0.15) is 0 Å². The lowest BCUT2D eigenvalue weighted by Crippen LogP contribution is -2.27. The summed E-state index contributed by atoms with van der Waals surface area (Å²) >= 11 is 0. The maximum Gasteiger partial charge on any atom is 0.472 e. The normalized spacial score (nSPS) is 14.5. The molecule has 0 aliphatic heterocycles. The van der Waals surface area contributed by atoms with Crippen LogP contribution < -0.4 is 5.32 Å². The maximum absolute atomic E-state index is 12.1. The van der Waals surface area contributed by atoms with Crippen molar-refractivity contribution in [1.82, 2.24) is 5.32 Å². The number of hydrogen-bond acceptors (Lipinski definition) is 7. The summed E-state index contributed by atoms with van der Waals surface area (Å²) in [7, 11) is -4.45. The van der Waals surface area contributed by atoms with E-state index in [0.717, 1.165) is 89.9 Å². The average molecular weight is 786 g/mol. The molecule has 10 heteroatoms. The number of carbonyl (C=O) groups is 2. The molecule has 0 bridgehead atoms. The zero-order valence-electron chi connectivity index (χ0n) is 33.8. The number of unbranched alkanes of at least 4 members (excludes halogenated alkanes) is 6. The summed E-state index contributed by atoms with van der Waals surface area (Å²) in [5.74, 6) is -0.677. The van der Waals surface area contributed by atoms with Crippen LogP contribution in [0.25, 0.3) is 0 Å². The zero-order chi connectivity index (χ0) is 40.3. The van der Waals surface area contributed by atoms with Gasteiger partial charge in [-0.05, 0) is 77.0 Å². The van der Waals surface area contributed by atoms with Gasteiger partial charge in [0.1, 0.15) is 12.7 Å². The van der Waals surface area contributed by atoms with E-state index < -0.39 is 26.5 Å². The molecule has 0 fully saturated rings. The minimum Gasteiger partial charge on any atom is -0.463 e. The molecule has 0 heterocycles. The van der Waals surface area contributed by atoms with E-state index in [1.54, 1.807) is 6.08 Å². The molecule has 1 amide bonds. The molecule has 9 nitrogen and oxygen atoms in total. The summed E-state index contributed by atoms with van der Waals surface area (Å²) in [5, 5.41) is 12.6. The Morgan fingerprint density at radius 1 is 0.600 bits per heavy atom. The monoisotopic (exact) mass is 785 g/mol. The van der Waals surface area contributed by atoms with Gasteiger partial charge >= 0.3 is 13.8 Å². The van der Waals surface area contributed by atoms with Crippen LogP contribution in [-0.2, 0) is 27.9 Å². The van der Waals surface area contributed by atoms with Gasteiger partial charge in [-0.1, -0.05) is 149 Å². The third-order valence-electron chi connectivity index (χ3n) is 7.70. The summed E-state index contributed by atoms with van der Waals surface area (Å²) in [6.45, 7) is 3.20. The van der Waals surface area contributed by atoms with Crippen molar-refractivity contribution < 1.29 is 37.9 Å². The first kappa shape index (κ1) is 51.7. The fourth-order valence-electron chi connectivity index (χ4n) is 4.68. The van der Waals surface area contributed by atoms with Crippen LogP contribution in [0.1, 0.15) is 129 Å². The highest BCUT2D eigenvalue weighted by Gasteiger charge is 2.23. The number of carbonyl (C=O) groups excluding carboxylic acids is 2. The van der Waals surface area contributed by atoms with E-state index in [1.807, 2.05) is 12.2 Å². The van der Waals surface area contributed by atoms with Gasteiger partial charge in [0.05, 0.1) is 19.6 Å². The molecule has 0 rings (SSSR count). The Kier molecular flexibility index (Phi) is 37.9. The first-order valence-corrected chi connectivity index (χ1v) is 21.9. The van der Waals surface area contributed by atoms with Gasteiger partial charge in [0.2, 0.25) is 5.91 Å². The Bertz CT molecular complexity index is 1260. The van der Waals surface area contributed by atoms with Crippen LogP contribution in [0.5, 0.6) is 0 Å². The number of phosphoric acid groups is 1. The van der Waals surface area contributed by atoms with E-state index in [4.69, 9.17) is 13.8 Å². The number of aliphatic hydroxyl groups excluding tert-OH is 1. The van der Waals surface area contributed by atoms with Gasteiger partial charge in [-0.15, -0.1) is 0 Å². The molecule has 0 aliphatic rings. The van der Waals surface area contributed by atoms with Crippen molar-refractivity contribution in [1.29, 1.82) is 0 Å². The van der Waals surface area contributed by atoms with Crippen molar-refractivity contribution >= 4 is 19.7 Å². The second-order valence-electron chi connectivity index (χ2n) is 12.9. The maximum atomic E-state index is 12.1. The molecule has 2 atom stereocenters. The molecule has 310 valence electrons. The highest BCUT2D eigenvalue weighted by molar-refractivity contribution is 7.47. The lowest BCUT2D eigenvalue weighted by Gasteiger charge is -2.15. The summed E-state index contributed by atoms with van der Waals surface area (Å²) < 4.78 is 26.7. The van der Waals surface area contributed by atoms with Crippen LogP contribution in [0.15, 0.2) is 109 Å². The first-order chi connectivity index (χ1) is 26.8. The Labute approximate surface area is 333 Å². The standard InChI is InChI=1S/C45H72NO8P/c1-3-5-7-9-11-13-15-17-18-19-20-21-22-23-24-26-28-30-32-34-36-38-45(49)52-41-43(47)42-54-55(50,51)53-40-39-46-44(48)37-35-33-31-29-27-25-16-14-12-10-8-6-4-2/h5,7-8,10-11,13-14,16-18,20-21,23-24,28,30,34,36,43,47H,3-4,6,9,12,15,19,22,25-27,29,31-33,35,37-42H2,1-2H3,(H,46,48)(H,50,51)/b7-5-,10-8-,13-11-,16-14-,18-17-,21-20-,24-23-,30-28-,36-34-. The minimum absolute atomic E-state index is 0.0407. The molecule has 3 N–H and O–H groups in total. The number of aliphatic hydroxyl groups is 1. The molecule has 55 heavy (non-hydrogen) atoms. The molecule has 0 radical (unpaired) electrons. The van der Waals surface area contributed by atoms with Gasteiger partial charge in [-0.25, -0.2) is 4.57 Å². The van der Waals surface area contributed by atoms with Crippen molar-refractivity contribution in [2.75, 3.05) is 26.4 Å². The van der Waals surface area contributed by atoms with E-state index >= 15 is 0 Å². The SMILES string of the molecule is CC/C=C\C/C=C\C/C=C\C/C=C\C/C=C\C/C=C\C/C=C\CC(=O)OCC(O)COP(=O)(O)OCCNC(=O)CCCCCCC/C=C\C/C=C\CCC. The van der Waals surface area contributed by atoms with Crippen molar-refractivity contribution in [2.45, 2.75) is 136 Å². The second-order valence-corrected chi connectivity index (χ2v) is 14.3. The molecule has 0 saturated carbocycles. The van der Waals surface area contributed by atoms with Crippen LogP contribution >= 0.6 is 7.82 Å². The summed E-state index contributed by atoms with van der Waals surface area (Å²) in [6.07, 6.45) is 53.3. The molecule has 0 aromatic heterocycles. The fraction of sp³-hybridized carbons (Fsp3) is 0.556. The quantitative estimate of drug-likeness (QED) is 0.0248. The van der Waals surface area contributed by atoms with Gasteiger partial charge in [0.25, 0.3) is 0 Å². The van der Waals surface area contributed by atoms with Gasteiger partial charge in [0.15, 0.2) is 0 Å². The number of phosphoric ester groups is 1. The van der Waals surface area contributed by atoms with Gasteiger partial charge < -0.3 is 20.1 Å². The molecule has 2 unspecified atom stereocenters. The van der Waals surface area contributed by atoms with E-state index in [0.29, 0.717) is 12.8 Å². The van der Waals surface area contributed by atoms with Crippen molar-refractivity contribution in [3.63, 3.8) is 0 Å². The van der Waals surface area contributed by atoms with E-state index in [-0.39, 0.29) is 32.1 Å². The highest BCUT2D eigenvalue weighted by atomic mass is 31.2. The minimum atomic E-state index is -4.45. The molecular weight excluding hydrogens is 713 g/mol. The van der Waals surface area contributed by atoms with E-state index in [9.17, 15) is 24.2 Å². The van der Waals surface area contributed by atoms with Crippen LogP contribution in [0, 0.1) is 0 Å². The van der Waals surface area contributed by atoms with Crippen LogP contribution in [0.3, 0.4) is 0 Å². The smallest absolute Gasteiger partial charge is 0.463 e. The Morgan fingerprint density at radius 3 is 1.62 bits per heavy atom. The molecule has 0 aromatic carbocycles. The lowest BCUT2D eigenvalue weighted by atomic mass is 10.1. The molecular formula is C45H72NO8P. The Balaban J connectivity index is 3.81. The Hall–Kier alpha value is -3.33. The fourth-order valence-corrected chi connectivity index (χ4v) is 5.43. The number of hydrogen-bond donors (Lipinski definition) is 3. The predicted molar refractivity (Wildman–Crippen MR) is 228 cm³/mol. The van der Waals surface area contributed by atoms with Crippen molar-refractivity contribution in [3.8, 4) is 0 Å². The summed E-state index contributed by atoms with van der Waals surface area (Å²) in [5.41, 5.74) is 0. The molecule has 0 spiro atoms. The van der Waals surface area contributed by atoms with Gasteiger partial charge in [-0.3, -0.25) is 18.6 Å². The molecule has 0 aliphatic carbocycles. The second kappa shape index (κ2) is 40.3. The Morgan fingerprint density at radius 2 is 1.07 bits per heavy atom. The summed E-state index contributed by atoms with van der Waals surface area (Å²) in [4.78, 5) is 33.8. The summed E-state index contributed by atoms with van der Waals surface area (Å²) in [6, 6.07) is 0. The molecule has 0 saturated heterocycles. The zero-order valence-corrected chi connectivity index (χ0v) is 34.7. The van der Waals surface area contributed by atoms with E-state index in [1.165, 1.54) is 6.42 Å². The van der Waals surface area contributed by atoms with Crippen LogP contribution in [0.2, 0.25) is 0 Å². The number of amides is 1. The van der Waals surface area contributed by atoms with Gasteiger partial charge in [0, 0.05) is 13.0 Å². The van der Waals surface area contributed by atoms with Crippen molar-refractivity contribution in [3.05, 3.63) is 109 Å². The molecule has 0 aromatic rings. The van der Waals surface area contributed by atoms with Crippen molar-refractivity contribution in [2.24, 2.45) is 0 Å². The largest absolute Gasteiger partial charge is 0.472 e. The predicted octanol–water partition coefficient (Wildman–Crippen LogP) is 11.2.